The van der Waals surface area contributed by atoms with E-state index in [9.17, 15) is 0 Å². The van der Waals surface area contributed by atoms with Crippen LogP contribution < -0.4 is 5.32 Å². The average molecular weight is 293 g/mol. The van der Waals surface area contributed by atoms with Crippen LogP contribution in [0.3, 0.4) is 0 Å². The largest absolute Gasteiger partial charge is 0.360 e. The van der Waals surface area contributed by atoms with Crippen LogP contribution in [0.15, 0.2) is 43.0 Å². The van der Waals surface area contributed by atoms with E-state index in [-0.39, 0.29) is 11.5 Å². The third-order valence-corrected chi connectivity index (χ3v) is 4.68. The Morgan fingerprint density at radius 2 is 2.14 bits per heavy atom. The summed E-state index contributed by atoms with van der Waals surface area (Å²) in [6.45, 7) is 4.62. The minimum atomic E-state index is 0.156. The number of fused-ring (bicyclic) bond motifs is 2. The maximum Gasteiger partial charge on any atom is 0.203 e. The third kappa shape index (κ3) is 2.04. The molecule has 0 bridgehead atoms. The van der Waals surface area contributed by atoms with Gasteiger partial charge in [0.15, 0.2) is 5.82 Å². The summed E-state index contributed by atoms with van der Waals surface area (Å²) in [7, 11) is 0. The number of anilines is 1. The number of hydrogen-bond acceptors (Lipinski definition) is 4. The second kappa shape index (κ2) is 4.80. The van der Waals surface area contributed by atoms with E-state index >= 15 is 0 Å². The van der Waals surface area contributed by atoms with Crippen molar-refractivity contribution in [1.82, 2.24) is 19.6 Å². The Morgan fingerprint density at radius 3 is 3.05 bits per heavy atom. The lowest BCUT2D eigenvalue weighted by atomic mass is 9.70. The molecule has 1 N–H and O–H groups in total. The van der Waals surface area contributed by atoms with Crippen LogP contribution in [0.1, 0.15) is 37.4 Å². The molecule has 5 heteroatoms. The molecule has 1 aliphatic rings. The second-order valence-electron chi connectivity index (χ2n) is 6.60. The maximum absolute atomic E-state index is 4.48. The van der Waals surface area contributed by atoms with Gasteiger partial charge in [0.25, 0.3) is 0 Å². The first-order valence-electron chi connectivity index (χ1n) is 7.64. The van der Waals surface area contributed by atoms with Gasteiger partial charge in [-0.15, -0.1) is 10.2 Å². The van der Waals surface area contributed by atoms with Crippen LogP contribution in [0.5, 0.6) is 0 Å². The highest BCUT2D eigenvalue weighted by atomic mass is 15.2. The zero-order valence-corrected chi connectivity index (χ0v) is 12.8. The van der Waals surface area contributed by atoms with Crippen LogP contribution in [0, 0.1) is 5.41 Å². The van der Waals surface area contributed by atoms with Crippen molar-refractivity contribution in [1.29, 1.82) is 0 Å². The molecule has 1 atom stereocenters. The Kier molecular flexibility index (Phi) is 2.89. The fourth-order valence-corrected chi connectivity index (χ4v) is 3.34. The molecule has 1 aromatic carbocycles. The van der Waals surface area contributed by atoms with Crippen LogP contribution in [0.25, 0.3) is 5.65 Å². The number of rotatable bonds is 2. The van der Waals surface area contributed by atoms with Crippen LogP contribution in [0.2, 0.25) is 0 Å². The SMILES string of the molecule is CC1(C)CCc2ccccc2[C@@H]1Nc1nccn2cnnc12. The number of aryl methyl sites for hydroxylation is 1. The van der Waals surface area contributed by atoms with Crippen molar-refractivity contribution in [2.45, 2.75) is 32.7 Å². The number of benzene rings is 1. The molecule has 2 heterocycles. The molecule has 0 saturated heterocycles. The Hall–Kier alpha value is -2.43. The molecule has 0 unspecified atom stereocenters. The van der Waals surface area contributed by atoms with E-state index in [2.05, 4.69) is 58.6 Å². The zero-order chi connectivity index (χ0) is 15.2. The molecule has 4 rings (SSSR count). The average Bonchev–Trinajstić information content (AvgIpc) is 2.99. The van der Waals surface area contributed by atoms with Gasteiger partial charge in [-0.05, 0) is 29.4 Å². The molecule has 0 saturated carbocycles. The standard InChI is InChI=1S/C17H19N5/c1-17(2)8-7-12-5-3-4-6-13(12)14(17)20-15-16-21-19-11-22(16)10-9-18-15/h3-6,9-11,14H,7-8H2,1-2H3,(H,18,20)/t14-/m0/s1. The van der Waals surface area contributed by atoms with Crippen molar-refractivity contribution >= 4 is 11.5 Å². The Labute approximate surface area is 129 Å². The zero-order valence-electron chi connectivity index (χ0n) is 12.8. The first-order valence-corrected chi connectivity index (χ1v) is 7.64. The molecule has 22 heavy (non-hydrogen) atoms. The molecular formula is C17H19N5. The molecule has 5 nitrogen and oxygen atoms in total. The van der Waals surface area contributed by atoms with Gasteiger partial charge in [-0.1, -0.05) is 38.1 Å². The minimum absolute atomic E-state index is 0.156. The van der Waals surface area contributed by atoms with E-state index in [1.807, 2.05) is 10.6 Å². The fraction of sp³-hybridized carbons (Fsp3) is 0.353. The highest BCUT2D eigenvalue weighted by Crippen LogP contribution is 2.45. The first-order chi connectivity index (χ1) is 10.6. The van der Waals surface area contributed by atoms with Crippen LogP contribution in [-0.4, -0.2) is 19.6 Å². The quantitative estimate of drug-likeness (QED) is 0.788. The van der Waals surface area contributed by atoms with Crippen molar-refractivity contribution in [3.8, 4) is 0 Å². The van der Waals surface area contributed by atoms with Gasteiger partial charge in [0.1, 0.15) is 6.33 Å². The third-order valence-electron chi connectivity index (χ3n) is 4.68. The van der Waals surface area contributed by atoms with Crippen molar-refractivity contribution in [2.75, 3.05) is 5.32 Å². The van der Waals surface area contributed by atoms with E-state index in [0.29, 0.717) is 0 Å². The van der Waals surface area contributed by atoms with Crippen molar-refractivity contribution < 1.29 is 0 Å². The number of aromatic nitrogens is 4. The summed E-state index contributed by atoms with van der Waals surface area (Å²) in [6, 6.07) is 8.89. The molecule has 1 aliphatic carbocycles. The number of hydrogen-bond donors (Lipinski definition) is 1. The van der Waals surface area contributed by atoms with Crippen LogP contribution in [-0.2, 0) is 6.42 Å². The van der Waals surface area contributed by atoms with E-state index in [4.69, 9.17) is 0 Å². The summed E-state index contributed by atoms with van der Waals surface area (Å²) in [5.74, 6) is 0.787. The van der Waals surface area contributed by atoms with E-state index in [1.54, 1.807) is 12.5 Å². The summed E-state index contributed by atoms with van der Waals surface area (Å²) in [6.07, 6.45) is 7.62. The topological polar surface area (TPSA) is 55.1 Å². The lowest BCUT2D eigenvalue weighted by Crippen LogP contribution is -2.33. The Balaban J connectivity index is 1.79. The van der Waals surface area contributed by atoms with Crippen LogP contribution in [0.4, 0.5) is 5.82 Å². The van der Waals surface area contributed by atoms with Crippen molar-refractivity contribution in [3.63, 3.8) is 0 Å². The normalized spacial score (nSPS) is 19.8. The summed E-state index contributed by atoms with van der Waals surface area (Å²) in [4.78, 5) is 4.48. The lowest BCUT2D eigenvalue weighted by Gasteiger charge is -2.40. The van der Waals surface area contributed by atoms with E-state index < -0.39 is 0 Å². The fourth-order valence-electron chi connectivity index (χ4n) is 3.34. The minimum Gasteiger partial charge on any atom is -0.360 e. The Morgan fingerprint density at radius 1 is 1.27 bits per heavy atom. The van der Waals surface area contributed by atoms with Gasteiger partial charge < -0.3 is 5.32 Å². The molecule has 0 spiro atoms. The summed E-state index contributed by atoms with van der Waals surface area (Å²) < 4.78 is 1.89. The van der Waals surface area contributed by atoms with Gasteiger partial charge in [-0.3, -0.25) is 4.40 Å². The molecule has 2 aromatic heterocycles. The Bertz CT molecular complexity index is 821. The molecule has 112 valence electrons. The smallest absolute Gasteiger partial charge is 0.203 e. The van der Waals surface area contributed by atoms with Gasteiger partial charge in [0.05, 0.1) is 6.04 Å². The van der Waals surface area contributed by atoms with E-state index in [1.165, 1.54) is 11.1 Å². The number of nitrogens with one attached hydrogen (secondary N) is 1. The summed E-state index contributed by atoms with van der Waals surface area (Å²) in [5, 5.41) is 11.8. The van der Waals surface area contributed by atoms with Crippen molar-refractivity contribution in [3.05, 3.63) is 54.1 Å². The van der Waals surface area contributed by atoms with Gasteiger partial charge in [0, 0.05) is 12.4 Å². The van der Waals surface area contributed by atoms with Gasteiger partial charge in [-0.25, -0.2) is 4.98 Å². The molecule has 0 fully saturated rings. The number of nitrogens with zero attached hydrogens (tertiary/aromatic N) is 4. The predicted molar refractivity (Wildman–Crippen MR) is 85.7 cm³/mol. The van der Waals surface area contributed by atoms with Gasteiger partial charge >= 0.3 is 0 Å². The van der Waals surface area contributed by atoms with Crippen LogP contribution >= 0.6 is 0 Å². The maximum atomic E-state index is 4.48. The monoisotopic (exact) mass is 293 g/mol. The highest BCUT2D eigenvalue weighted by molar-refractivity contribution is 5.62. The van der Waals surface area contributed by atoms with E-state index in [0.717, 1.165) is 24.3 Å². The predicted octanol–water partition coefficient (Wildman–Crippen LogP) is 3.25. The molecular weight excluding hydrogens is 274 g/mol. The van der Waals surface area contributed by atoms with Gasteiger partial charge in [0.2, 0.25) is 5.65 Å². The van der Waals surface area contributed by atoms with Crippen molar-refractivity contribution in [2.24, 2.45) is 5.41 Å². The molecule has 0 amide bonds. The summed E-state index contributed by atoms with van der Waals surface area (Å²) >= 11 is 0. The lowest BCUT2D eigenvalue weighted by molar-refractivity contribution is 0.265. The first kappa shape index (κ1) is 13.2. The summed E-state index contributed by atoms with van der Waals surface area (Å²) in [5.41, 5.74) is 3.71. The molecule has 0 radical (unpaired) electrons. The van der Waals surface area contributed by atoms with Gasteiger partial charge in [-0.2, -0.15) is 0 Å². The second-order valence-corrected chi connectivity index (χ2v) is 6.60. The molecule has 3 aromatic rings. The molecule has 0 aliphatic heterocycles. The highest BCUT2D eigenvalue weighted by Gasteiger charge is 2.36.